The van der Waals surface area contributed by atoms with E-state index in [-0.39, 0.29) is 0 Å². The molecule has 1 rings (SSSR count). The Morgan fingerprint density at radius 2 is 1.55 bits per heavy atom. The van der Waals surface area contributed by atoms with Crippen LogP contribution in [-0.2, 0) is 6.54 Å². The molecule has 1 aromatic rings. The van der Waals surface area contributed by atoms with Crippen molar-refractivity contribution in [3.63, 3.8) is 0 Å². The molecule has 0 atom stereocenters. The second-order valence-electron chi connectivity index (χ2n) is 5.41. The smallest absolute Gasteiger partial charge is 0.0423 e. The van der Waals surface area contributed by atoms with Gasteiger partial charge in [-0.3, -0.25) is 4.90 Å². The van der Waals surface area contributed by atoms with E-state index in [4.69, 9.17) is 23.2 Å². The first-order valence-electron chi connectivity index (χ1n) is 8.03. The molecule has 0 bridgehead atoms. The summed E-state index contributed by atoms with van der Waals surface area (Å²) in [6, 6.07) is 6.57. The molecule has 5 heteroatoms. The van der Waals surface area contributed by atoms with Crippen LogP contribution >= 0.6 is 39.1 Å². The van der Waals surface area contributed by atoms with E-state index >= 15 is 0 Å². The Morgan fingerprint density at radius 3 is 2.05 bits per heavy atom. The predicted octanol–water partition coefficient (Wildman–Crippen LogP) is 5.36. The molecule has 0 heterocycles. The summed E-state index contributed by atoms with van der Waals surface area (Å²) < 4.78 is 1.13. The Bertz CT molecular complexity index is 417. The van der Waals surface area contributed by atoms with Gasteiger partial charge in [-0.25, -0.2) is 0 Å². The lowest BCUT2D eigenvalue weighted by atomic mass is 10.1. The van der Waals surface area contributed by atoms with Crippen LogP contribution in [0.3, 0.4) is 0 Å². The molecule has 0 unspecified atom stereocenters. The highest BCUT2D eigenvalue weighted by Crippen LogP contribution is 2.27. The van der Waals surface area contributed by atoms with Crippen LogP contribution in [0.4, 0.5) is 5.69 Å². The molecule has 0 aliphatic heterocycles. The molecule has 0 radical (unpaired) electrons. The highest BCUT2D eigenvalue weighted by Gasteiger charge is 2.13. The first kappa shape index (κ1) is 20.1. The fourth-order valence-electron chi connectivity index (χ4n) is 2.61. The highest BCUT2D eigenvalue weighted by atomic mass is 79.9. The van der Waals surface area contributed by atoms with Gasteiger partial charge in [-0.1, -0.05) is 35.8 Å². The van der Waals surface area contributed by atoms with Gasteiger partial charge in [0.2, 0.25) is 0 Å². The van der Waals surface area contributed by atoms with Crippen molar-refractivity contribution in [1.82, 2.24) is 4.90 Å². The Morgan fingerprint density at radius 1 is 0.955 bits per heavy atom. The van der Waals surface area contributed by atoms with Gasteiger partial charge in [0.05, 0.1) is 0 Å². The number of benzene rings is 1. The second kappa shape index (κ2) is 11.6. The first-order chi connectivity index (χ1) is 10.7. The van der Waals surface area contributed by atoms with Gasteiger partial charge in [-0.2, -0.15) is 0 Å². The Balaban J connectivity index is 3.01. The molecule has 1 aromatic carbocycles. The number of alkyl halides is 2. The molecule has 0 aromatic heterocycles. The van der Waals surface area contributed by atoms with Crippen molar-refractivity contribution in [2.45, 2.75) is 33.2 Å². The average molecular weight is 410 g/mol. The van der Waals surface area contributed by atoms with Crippen LogP contribution in [0.15, 0.2) is 22.7 Å². The van der Waals surface area contributed by atoms with Gasteiger partial charge in [0.1, 0.15) is 0 Å². The predicted molar refractivity (Wildman–Crippen MR) is 104 cm³/mol. The van der Waals surface area contributed by atoms with Crippen LogP contribution in [0.1, 0.15) is 32.3 Å². The summed E-state index contributed by atoms with van der Waals surface area (Å²) in [5.74, 6) is 1.27. The Labute approximate surface area is 153 Å². The largest absolute Gasteiger partial charge is 0.371 e. The first-order valence-corrected chi connectivity index (χ1v) is 9.90. The standard InChI is InChI=1S/C17H27BrCl2N2/c1-3-9-22(10-4-2)17-13-16(18)6-5-15(17)14-21(11-7-19)12-8-20/h5-6,13H,3-4,7-12,14H2,1-2H3. The molecule has 0 saturated heterocycles. The minimum absolute atomic E-state index is 0.635. The molecule has 0 N–H and O–H groups in total. The summed E-state index contributed by atoms with van der Waals surface area (Å²) >= 11 is 15.5. The van der Waals surface area contributed by atoms with Gasteiger partial charge in [0.15, 0.2) is 0 Å². The quantitative estimate of drug-likeness (QED) is 0.454. The van der Waals surface area contributed by atoms with E-state index in [0.29, 0.717) is 11.8 Å². The topological polar surface area (TPSA) is 6.48 Å². The van der Waals surface area contributed by atoms with Crippen molar-refractivity contribution in [3.8, 4) is 0 Å². The lowest BCUT2D eigenvalue weighted by Gasteiger charge is -2.29. The van der Waals surface area contributed by atoms with Crippen molar-refractivity contribution in [1.29, 1.82) is 0 Å². The maximum absolute atomic E-state index is 5.92. The lowest BCUT2D eigenvalue weighted by molar-refractivity contribution is 0.299. The number of hydrogen-bond acceptors (Lipinski definition) is 2. The van der Waals surface area contributed by atoms with Gasteiger partial charge in [0, 0.05) is 54.6 Å². The summed E-state index contributed by atoms with van der Waals surface area (Å²) in [4.78, 5) is 4.81. The zero-order valence-electron chi connectivity index (χ0n) is 13.6. The molecule has 0 spiro atoms. The van der Waals surface area contributed by atoms with Crippen molar-refractivity contribution < 1.29 is 0 Å². The fourth-order valence-corrected chi connectivity index (χ4v) is 3.43. The minimum Gasteiger partial charge on any atom is -0.371 e. The zero-order chi connectivity index (χ0) is 16.4. The van der Waals surface area contributed by atoms with E-state index in [2.05, 4.69) is 57.8 Å². The summed E-state index contributed by atoms with van der Waals surface area (Å²) in [7, 11) is 0. The van der Waals surface area contributed by atoms with E-state index in [1.165, 1.54) is 11.3 Å². The summed E-state index contributed by atoms with van der Waals surface area (Å²) in [5.41, 5.74) is 2.67. The van der Waals surface area contributed by atoms with E-state index < -0.39 is 0 Å². The number of anilines is 1. The zero-order valence-corrected chi connectivity index (χ0v) is 16.7. The van der Waals surface area contributed by atoms with Crippen LogP contribution in [0.2, 0.25) is 0 Å². The van der Waals surface area contributed by atoms with Gasteiger partial charge < -0.3 is 4.90 Å². The maximum Gasteiger partial charge on any atom is 0.0423 e. The molecular formula is C17H27BrCl2N2. The number of hydrogen-bond donors (Lipinski definition) is 0. The summed E-state index contributed by atoms with van der Waals surface area (Å²) in [6.07, 6.45) is 2.30. The molecule has 126 valence electrons. The molecule has 0 aliphatic rings. The second-order valence-corrected chi connectivity index (χ2v) is 7.09. The van der Waals surface area contributed by atoms with Crippen molar-refractivity contribution in [2.75, 3.05) is 42.8 Å². The minimum atomic E-state index is 0.635. The van der Waals surface area contributed by atoms with Gasteiger partial charge in [-0.15, -0.1) is 23.2 Å². The van der Waals surface area contributed by atoms with E-state index in [0.717, 1.165) is 50.0 Å². The highest BCUT2D eigenvalue weighted by molar-refractivity contribution is 9.10. The van der Waals surface area contributed by atoms with Crippen LogP contribution in [-0.4, -0.2) is 42.8 Å². The molecule has 0 amide bonds. The van der Waals surface area contributed by atoms with Crippen LogP contribution in [0.25, 0.3) is 0 Å². The van der Waals surface area contributed by atoms with Crippen LogP contribution in [0, 0.1) is 0 Å². The fraction of sp³-hybridized carbons (Fsp3) is 0.647. The van der Waals surface area contributed by atoms with Crippen molar-refractivity contribution in [3.05, 3.63) is 28.2 Å². The van der Waals surface area contributed by atoms with E-state index in [1.54, 1.807) is 0 Å². The molecular weight excluding hydrogens is 383 g/mol. The third-order valence-electron chi connectivity index (χ3n) is 3.57. The maximum atomic E-state index is 5.92. The normalized spacial score (nSPS) is 11.2. The number of nitrogens with zero attached hydrogens (tertiary/aromatic N) is 2. The van der Waals surface area contributed by atoms with Gasteiger partial charge >= 0.3 is 0 Å². The molecule has 0 saturated carbocycles. The third kappa shape index (κ3) is 6.66. The van der Waals surface area contributed by atoms with Crippen molar-refractivity contribution >= 4 is 44.8 Å². The van der Waals surface area contributed by atoms with Gasteiger partial charge in [-0.05, 0) is 30.5 Å². The third-order valence-corrected chi connectivity index (χ3v) is 4.40. The van der Waals surface area contributed by atoms with Crippen LogP contribution < -0.4 is 4.90 Å². The van der Waals surface area contributed by atoms with Crippen LogP contribution in [0.5, 0.6) is 0 Å². The monoisotopic (exact) mass is 408 g/mol. The summed E-state index contributed by atoms with van der Waals surface area (Å²) in [6.45, 7) is 9.26. The molecule has 2 nitrogen and oxygen atoms in total. The Hall–Kier alpha value is 0.0400. The summed E-state index contributed by atoms with van der Waals surface area (Å²) in [5, 5.41) is 0. The molecule has 22 heavy (non-hydrogen) atoms. The number of halogens is 3. The molecule has 0 fully saturated rings. The number of rotatable bonds is 11. The molecule has 0 aliphatic carbocycles. The van der Waals surface area contributed by atoms with E-state index in [9.17, 15) is 0 Å². The van der Waals surface area contributed by atoms with Gasteiger partial charge in [0.25, 0.3) is 0 Å². The average Bonchev–Trinajstić information content (AvgIpc) is 2.49. The lowest BCUT2D eigenvalue weighted by Crippen LogP contribution is -2.30. The van der Waals surface area contributed by atoms with E-state index in [1.807, 2.05) is 0 Å². The Kier molecular flexibility index (Phi) is 10.6. The van der Waals surface area contributed by atoms with Crippen molar-refractivity contribution in [2.24, 2.45) is 0 Å². The SMILES string of the molecule is CCCN(CCC)c1cc(Br)ccc1CN(CCCl)CCCl.